The fourth-order valence-corrected chi connectivity index (χ4v) is 4.45. The zero-order valence-electron chi connectivity index (χ0n) is 17.6. The van der Waals surface area contributed by atoms with E-state index in [0.717, 1.165) is 17.1 Å². The molecule has 34 heavy (non-hydrogen) atoms. The third-order valence-corrected chi connectivity index (χ3v) is 6.39. The van der Waals surface area contributed by atoms with Crippen molar-refractivity contribution < 1.29 is 13.6 Å². The Morgan fingerprint density at radius 3 is 2.56 bits per heavy atom. The third-order valence-electron chi connectivity index (χ3n) is 5.16. The lowest BCUT2D eigenvalue weighted by molar-refractivity contribution is -0.113. The molecule has 1 N–H and O–H groups in total. The van der Waals surface area contributed by atoms with Gasteiger partial charge < -0.3 is 9.73 Å². The van der Waals surface area contributed by atoms with Crippen molar-refractivity contribution in [3.8, 4) is 0 Å². The van der Waals surface area contributed by atoms with E-state index < -0.39 is 0 Å². The second-order valence-corrected chi connectivity index (χ2v) is 8.91. The van der Waals surface area contributed by atoms with E-state index in [9.17, 15) is 14.0 Å². The van der Waals surface area contributed by atoms with Gasteiger partial charge in [0, 0.05) is 16.1 Å². The molecule has 9 heteroatoms. The lowest BCUT2D eigenvalue weighted by Gasteiger charge is -2.12. The van der Waals surface area contributed by atoms with E-state index in [0.29, 0.717) is 32.5 Å². The van der Waals surface area contributed by atoms with Crippen LogP contribution in [-0.2, 0) is 11.3 Å². The molecule has 0 bridgehead atoms. The Balaban J connectivity index is 1.50. The lowest BCUT2D eigenvalue weighted by Crippen LogP contribution is -2.24. The van der Waals surface area contributed by atoms with Gasteiger partial charge >= 0.3 is 0 Å². The number of nitrogens with one attached hydrogen (secondary N) is 1. The summed E-state index contributed by atoms with van der Waals surface area (Å²) in [5.74, 6) is -0.595. The highest BCUT2D eigenvalue weighted by Gasteiger charge is 2.19. The van der Waals surface area contributed by atoms with Crippen LogP contribution in [0.2, 0.25) is 5.02 Å². The van der Waals surface area contributed by atoms with Crippen molar-refractivity contribution in [1.29, 1.82) is 0 Å². The number of carbonyl (C=O) groups excluding carboxylic acids is 1. The molecule has 0 saturated carbocycles. The number of carbonyl (C=O) groups is 1. The minimum atomic E-state index is -0.369. The van der Waals surface area contributed by atoms with Gasteiger partial charge in [0.2, 0.25) is 11.5 Å². The van der Waals surface area contributed by atoms with Crippen LogP contribution in [0.15, 0.2) is 87.2 Å². The molecule has 0 saturated heterocycles. The highest BCUT2D eigenvalue weighted by molar-refractivity contribution is 7.99. The Morgan fingerprint density at radius 2 is 1.79 bits per heavy atom. The Bertz CT molecular complexity index is 1560. The first kappa shape index (κ1) is 22.2. The number of halogens is 2. The minimum Gasteiger partial charge on any atom is -0.448 e. The topological polar surface area (TPSA) is 77.1 Å². The van der Waals surface area contributed by atoms with E-state index in [-0.39, 0.29) is 35.2 Å². The first-order valence-electron chi connectivity index (χ1n) is 10.3. The van der Waals surface area contributed by atoms with Gasteiger partial charge in [0.1, 0.15) is 16.9 Å². The summed E-state index contributed by atoms with van der Waals surface area (Å²) in [5, 5.41) is 4.45. The number of rotatable bonds is 6. The molecule has 5 aromatic rings. The molecule has 0 aliphatic rings. The van der Waals surface area contributed by atoms with Gasteiger partial charge in [-0.3, -0.25) is 14.2 Å². The monoisotopic (exact) mass is 493 g/mol. The fraction of sp³-hybridized carbons (Fsp3) is 0.0800. The van der Waals surface area contributed by atoms with Crippen molar-refractivity contribution in [2.75, 3.05) is 11.1 Å². The van der Waals surface area contributed by atoms with Crippen molar-refractivity contribution in [3.05, 3.63) is 99.6 Å². The van der Waals surface area contributed by atoms with Crippen LogP contribution >= 0.6 is 23.4 Å². The zero-order valence-corrected chi connectivity index (χ0v) is 19.2. The molecular formula is C25H17ClFN3O3S. The quantitative estimate of drug-likeness (QED) is 0.242. The van der Waals surface area contributed by atoms with Crippen LogP contribution in [0.5, 0.6) is 0 Å². The molecule has 0 atom stereocenters. The molecule has 0 unspecified atom stereocenters. The summed E-state index contributed by atoms with van der Waals surface area (Å²) in [6, 6.07) is 19.9. The third kappa shape index (κ3) is 4.55. The molecule has 0 spiro atoms. The number of thioether (sulfide) groups is 1. The van der Waals surface area contributed by atoms with Crippen LogP contribution in [-0.4, -0.2) is 21.2 Å². The second-order valence-electron chi connectivity index (χ2n) is 7.53. The second kappa shape index (κ2) is 9.32. The van der Waals surface area contributed by atoms with Crippen molar-refractivity contribution in [2.45, 2.75) is 11.7 Å². The summed E-state index contributed by atoms with van der Waals surface area (Å²) in [5.41, 5.74) is 2.09. The average Bonchev–Trinajstić information content (AvgIpc) is 3.21. The lowest BCUT2D eigenvalue weighted by atomic mass is 10.2. The highest BCUT2D eigenvalue weighted by atomic mass is 35.5. The first-order valence-corrected chi connectivity index (χ1v) is 11.7. The molecule has 3 aromatic carbocycles. The number of hydrogen-bond donors (Lipinski definition) is 1. The van der Waals surface area contributed by atoms with Crippen molar-refractivity contribution in [2.24, 2.45) is 0 Å². The summed E-state index contributed by atoms with van der Waals surface area (Å²) in [6.07, 6.45) is 0. The van der Waals surface area contributed by atoms with E-state index in [1.807, 2.05) is 18.2 Å². The SMILES string of the molecule is O=C(CSc1nc2c(oc3ccccc32)c(=O)n1Cc1ccc(F)cc1)Nc1ccc(Cl)cc1. The predicted molar refractivity (Wildman–Crippen MR) is 132 cm³/mol. The molecule has 0 aliphatic heterocycles. The average molecular weight is 494 g/mol. The molecule has 0 aliphatic carbocycles. The fourth-order valence-electron chi connectivity index (χ4n) is 3.54. The Kier molecular flexibility index (Phi) is 6.08. The van der Waals surface area contributed by atoms with Crippen molar-refractivity contribution in [3.63, 3.8) is 0 Å². The molecule has 2 heterocycles. The number of aromatic nitrogens is 2. The number of fused-ring (bicyclic) bond motifs is 3. The van der Waals surface area contributed by atoms with E-state index in [1.165, 1.54) is 16.7 Å². The Labute approximate surface area is 202 Å². The van der Waals surface area contributed by atoms with Gasteiger partial charge in [0.05, 0.1) is 12.3 Å². The molecule has 0 radical (unpaired) electrons. The molecule has 170 valence electrons. The number of hydrogen-bond acceptors (Lipinski definition) is 5. The molecule has 6 nitrogen and oxygen atoms in total. The maximum atomic E-state index is 13.4. The van der Waals surface area contributed by atoms with Crippen molar-refractivity contribution in [1.82, 2.24) is 9.55 Å². The van der Waals surface area contributed by atoms with Crippen LogP contribution in [0.1, 0.15) is 5.56 Å². The largest absolute Gasteiger partial charge is 0.448 e. The molecule has 0 fully saturated rings. The number of furan rings is 1. The maximum Gasteiger partial charge on any atom is 0.298 e. The van der Waals surface area contributed by atoms with Gasteiger partial charge in [-0.2, -0.15) is 0 Å². The number of nitrogens with zero attached hydrogens (tertiary/aromatic N) is 2. The van der Waals surface area contributed by atoms with Gasteiger partial charge in [-0.15, -0.1) is 0 Å². The van der Waals surface area contributed by atoms with E-state index in [4.69, 9.17) is 16.0 Å². The van der Waals surface area contributed by atoms with Crippen LogP contribution in [0.4, 0.5) is 10.1 Å². The Morgan fingerprint density at radius 1 is 1.06 bits per heavy atom. The summed E-state index contributed by atoms with van der Waals surface area (Å²) < 4.78 is 20.6. The smallest absolute Gasteiger partial charge is 0.298 e. The van der Waals surface area contributed by atoms with Crippen LogP contribution in [0.3, 0.4) is 0 Å². The van der Waals surface area contributed by atoms with Gasteiger partial charge in [0.15, 0.2) is 5.16 Å². The molecular weight excluding hydrogens is 477 g/mol. The molecule has 5 rings (SSSR count). The van der Waals surface area contributed by atoms with Gasteiger partial charge in [-0.1, -0.05) is 47.6 Å². The molecule has 2 aromatic heterocycles. The van der Waals surface area contributed by atoms with Crippen LogP contribution in [0, 0.1) is 5.82 Å². The van der Waals surface area contributed by atoms with Gasteiger partial charge in [-0.05, 0) is 54.1 Å². The number of benzene rings is 3. The van der Waals surface area contributed by atoms with E-state index in [2.05, 4.69) is 10.3 Å². The normalized spacial score (nSPS) is 11.2. The maximum absolute atomic E-state index is 13.4. The summed E-state index contributed by atoms with van der Waals surface area (Å²) in [6.45, 7) is 0.153. The molecule has 1 amide bonds. The number of anilines is 1. The minimum absolute atomic E-state index is 0.0276. The van der Waals surface area contributed by atoms with Gasteiger partial charge in [-0.25, -0.2) is 9.37 Å². The standard InChI is InChI=1S/C25H17ClFN3O3S/c26-16-7-11-18(12-8-16)28-21(31)14-34-25-29-22-19-3-1-2-4-20(19)33-23(22)24(32)30(25)13-15-5-9-17(27)10-6-15/h1-12H,13-14H2,(H,28,31). The summed E-state index contributed by atoms with van der Waals surface area (Å²) >= 11 is 7.03. The summed E-state index contributed by atoms with van der Waals surface area (Å²) in [4.78, 5) is 30.6. The zero-order chi connectivity index (χ0) is 23.7. The Hall–Kier alpha value is -3.62. The highest BCUT2D eigenvalue weighted by Crippen LogP contribution is 2.27. The summed E-state index contributed by atoms with van der Waals surface area (Å²) in [7, 11) is 0. The van der Waals surface area contributed by atoms with E-state index in [1.54, 1.807) is 42.5 Å². The number of amides is 1. The van der Waals surface area contributed by atoms with E-state index >= 15 is 0 Å². The van der Waals surface area contributed by atoms with Crippen molar-refractivity contribution >= 4 is 57.0 Å². The van der Waals surface area contributed by atoms with Crippen LogP contribution < -0.4 is 10.9 Å². The predicted octanol–water partition coefficient (Wildman–Crippen LogP) is 5.71. The van der Waals surface area contributed by atoms with Gasteiger partial charge in [0.25, 0.3) is 5.56 Å². The van der Waals surface area contributed by atoms with Crippen LogP contribution in [0.25, 0.3) is 22.1 Å². The first-order chi connectivity index (χ1) is 16.5. The number of para-hydroxylation sites is 1.